The van der Waals surface area contributed by atoms with Crippen LogP contribution in [0.5, 0.6) is 0 Å². The van der Waals surface area contributed by atoms with Crippen LogP contribution in [0.25, 0.3) is 0 Å². The van der Waals surface area contributed by atoms with E-state index in [0.29, 0.717) is 44.8 Å². The summed E-state index contributed by atoms with van der Waals surface area (Å²) in [4.78, 5) is 40.8. The van der Waals surface area contributed by atoms with Gasteiger partial charge in [-0.05, 0) is 44.9 Å². The number of hydrogen-bond donors (Lipinski definition) is 0. The van der Waals surface area contributed by atoms with Crippen LogP contribution in [0.3, 0.4) is 0 Å². The lowest BCUT2D eigenvalue weighted by atomic mass is 10.1. The molecule has 0 aliphatic carbocycles. The molecule has 34 heavy (non-hydrogen) atoms. The summed E-state index contributed by atoms with van der Waals surface area (Å²) in [5.41, 5.74) is 1.57. The fourth-order valence-corrected chi connectivity index (χ4v) is 3.64. The lowest BCUT2D eigenvalue weighted by molar-refractivity contribution is -0.385. The van der Waals surface area contributed by atoms with Crippen LogP contribution in [0.15, 0.2) is 36.5 Å². The van der Waals surface area contributed by atoms with Crippen molar-refractivity contribution in [2.24, 2.45) is 7.05 Å². The molecule has 1 heterocycles. The summed E-state index contributed by atoms with van der Waals surface area (Å²) in [6, 6.07) is 8.34. The number of amides is 2. The monoisotopic (exact) mass is 472 g/mol. The Kier molecular flexibility index (Phi) is 10.7. The number of aryl methyl sites for hydroxylation is 2. The van der Waals surface area contributed by atoms with Gasteiger partial charge < -0.3 is 19.1 Å². The number of ether oxygens (including phenoxy) is 1. The standard InChI is InChI=1S/C25H36N4O5/c1-5-7-14-27(18-22-10-8-13-26(22)4)24(30)19-28(15-9-16-34-6-2)25(31)21-12-11-20(3)23(17-21)29(32)33/h8,10-13,17H,5-7,9,14-16,18-19H2,1-4H3. The van der Waals surface area contributed by atoms with Gasteiger partial charge in [0.2, 0.25) is 5.91 Å². The average molecular weight is 473 g/mol. The Balaban J connectivity index is 2.24. The van der Waals surface area contributed by atoms with Crippen LogP contribution in [0.2, 0.25) is 0 Å². The van der Waals surface area contributed by atoms with Crippen LogP contribution >= 0.6 is 0 Å². The number of unbranched alkanes of at least 4 members (excludes halogenated alkanes) is 1. The second kappa shape index (κ2) is 13.5. The molecule has 9 nitrogen and oxygen atoms in total. The van der Waals surface area contributed by atoms with Crippen molar-refractivity contribution < 1.29 is 19.2 Å². The molecule has 0 unspecified atom stereocenters. The number of nitrogens with zero attached hydrogens (tertiary/aromatic N) is 4. The molecule has 0 radical (unpaired) electrons. The fraction of sp³-hybridized carbons (Fsp3) is 0.520. The number of nitro benzene ring substituents is 1. The molecule has 2 amide bonds. The van der Waals surface area contributed by atoms with E-state index in [2.05, 4.69) is 6.92 Å². The maximum atomic E-state index is 13.3. The van der Waals surface area contributed by atoms with E-state index in [1.54, 1.807) is 24.0 Å². The summed E-state index contributed by atoms with van der Waals surface area (Å²) in [7, 11) is 1.94. The van der Waals surface area contributed by atoms with E-state index < -0.39 is 10.8 Å². The summed E-state index contributed by atoms with van der Waals surface area (Å²) in [5.74, 6) is -0.553. The molecule has 0 saturated carbocycles. The molecule has 2 rings (SSSR count). The van der Waals surface area contributed by atoms with Gasteiger partial charge in [0, 0.05) is 62.4 Å². The Morgan fingerprint density at radius 2 is 1.85 bits per heavy atom. The van der Waals surface area contributed by atoms with Crippen molar-refractivity contribution in [1.82, 2.24) is 14.4 Å². The van der Waals surface area contributed by atoms with Gasteiger partial charge in [-0.25, -0.2) is 0 Å². The number of nitro groups is 1. The van der Waals surface area contributed by atoms with Crippen LogP contribution in [0.1, 0.15) is 54.7 Å². The Bertz CT molecular complexity index is 972. The molecule has 1 aromatic heterocycles. The summed E-state index contributed by atoms with van der Waals surface area (Å²) in [6.07, 6.45) is 4.30. The van der Waals surface area contributed by atoms with Crippen molar-refractivity contribution in [3.8, 4) is 0 Å². The second-order valence-corrected chi connectivity index (χ2v) is 8.31. The maximum Gasteiger partial charge on any atom is 0.273 e. The summed E-state index contributed by atoms with van der Waals surface area (Å²) < 4.78 is 7.37. The van der Waals surface area contributed by atoms with Gasteiger partial charge >= 0.3 is 0 Å². The van der Waals surface area contributed by atoms with Crippen LogP contribution in [-0.4, -0.2) is 64.0 Å². The van der Waals surface area contributed by atoms with Gasteiger partial charge in [-0.15, -0.1) is 0 Å². The molecule has 0 atom stereocenters. The van der Waals surface area contributed by atoms with Crippen molar-refractivity contribution >= 4 is 17.5 Å². The summed E-state index contributed by atoms with van der Waals surface area (Å²) in [6.45, 7) is 7.90. The number of rotatable bonds is 14. The van der Waals surface area contributed by atoms with Crippen molar-refractivity contribution in [2.45, 2.75) is 46.6 Å². The summed E-state index contributed by atoms with van der Waals surface area (Å²) >= 11 is 0. The van der Waals surface area contributed by atoms with Gasteiger partial charge in [-0.3, -0.25) is 19.7 Å². The van der Waals surface area contributed by atoms with Gasteiger partial charge in [-0.2, -0.15) is 0 Å². The highest BCUT2D eigenvalue weighted by atomic mass is 16.6. The molecule has 9 heteroatoms. The molecule has 0 aliphatic heterocycles. The number of benzene rings is 1. The molecule has 2 aromatic rings. The Morgan fingerprint density at radius 3 is 2.47 bits per heavy atom. The average Bonchev–Trinajstić information content (AvgIpc) is 3.22. The van der Waals surface area contributed by atoms with Gasteiger partial charge in [0.1, 0.15) is 6.54 Å². The van der Waals surface area contributed by atoms with Crippen molar-refractivity contribution in [3.63, 3.8) is 0 Å². The van der Waals surface area contributed by atoms with E-state index >= 15 is 0 Å². The first-order chi connectivity index (χ1) is 16.3. The molecule has 0 fully saturated rings. The Morgan fingerprint density at radius 1 is 1.12 bits per heavy atom. The smallest absolute Gasteiger partial charge is 0.273 e. The van der Waals surface area contributed by atoms with Gasteiger partial charge in [0.25, 0.3) is 11.6 Å². The number of carbonyl (C=O) groups is 2. The molecule has 0 spiro atoms. The molecule has 0 aliphatic rings. The van der Waals surface area contributed by atoms with Gasteiger partial charge in [0.05, 0.1) is 11.5 Å². The highest BCUT2D eigenvalue weighted by Gasteiger charge is 2.24. The number of hydrogen-bond acceptors (Lipinski definition) is 5. The number of carbonyl (C=O) groups excluding carboxylic acids is 2. The zero-order chi connectivity index (χ0) is 25.1. The van der Waals surface area contributed by atoms with Crippen molar-refractivity contribution in [2.75, 3.05) is 32.8 Å². The molecular weight excluding hydrogens is 436 g/mol. The quantitative estimate of drug-likeness (QED) is 0.236. The van der Waals surface area contributed by atoms with Crippen molar-refractivity contribution in [1.29, 1.82) is 0 Å². The first kappa shape index (κ1) is 27.0. The first-order valence-electron chi connectivity index (χ1n) is 11.8. The molecule has 0 N–H and O–H groups in total. The zero-order valence-corrected chi connectivity index (χ0v) is 20.7. The highest BCUT2D eigenvalue weighted by molar-refractivity contribution is 5.97. The highest BCUT2D eigenvalue weighted by Crippen LogP contribution is 2.20. The van der Waals surface area contributed by atoms with Gasteiger partial charge in [-0.1, -0.05) is 19.4 Å². The molecular formula is C25H36N4O5. The second-order valence-electron chi connectivity index (χ2n) is 8.31. The predicted molar refractivity (Wildman–Crippen MR) is 131 cm³/mol. The minimum absolute atomic E-state index is 0.0965. The maximum absolute atomic E-state index is 13.3. The Hall–Kier alpha value is -3.20. The minimum atomic E-state index is -0.497. The minimum Gasteiger partial charge on any atom is -0.382 e. The first-order valence-corrected chi connectivity index (χ1v) is 11.8. The largest absolute Gasteiger partial charge is 0.382 e. The van der Waals surface area contributed by atoms with Crippen LogP contribution in [-0.2, 0) is 23.1 Å². The summed E-state index contributed by atoms with van der Waals surface area (Å²) in [5, 5.41) is 11.4. The zero-order valence-electron chi connectivity index (χ0n) is 20.7. The fourth-order valence-electron chi connectivity index (χ4n) is 3.64. The third-order valence-corrected chi connectivity index (χ3v) is 5.73. The van der Waals surface area contributed by atoms with E-state index in [1.807, 2.05) is 36.9 Å². The van der Waals surface area contributed by atoms with Crippen LogP contribution in [0.4, 0.5) is 5.69 Å². The molecule has 1 aromatic carbocycles. The topological polar surface area (TPSA) is 97.9 Å². The lowest BCUT2D eigenvalue weighted by Gasteiger charge is -2.28. The third kappa shape index (κ3) is 7.69. The SMILES string of the molecule is CCCCN(Cc1cccn1C)C(=O)CN(CCCOCC)C(=O)c1ccc(C)c([N+](=O)[O-])c1. The van der Waals surface area contributed by atoms with Crippen molar-refractivity contribution in [3.05, 3.63) is 63.5 Å². The van der Waals surface area contributed by atoms with E-state index in [0.717, 1.165) is 18.5 Å². The normalized spacial score (nSPS) is 10.8. The lowest BCUT2D eigenvalue weighted by Crippen LogP contribution is -2.43. The van der Waals surface area contributed by atoms with E-state index in [4.69, 9.17) is 4.74 Å². The van der Waals surface area contributed by atoms with E-state index in [1.165, 1.54) is 11.0 Å². The number of aromatic nitrogens is 1. The van der Waals surface area contributed by atoms with Crippen LogP contribution < -0.4 is 0 Å². The van der Waals surface area contributed by atoms with Crippen LogP contribution in [0, 0.1) is 17.0 Å². The molecule has 0 saturated heterocycles. The Labute approximate surface area is 201 Å². The predicted octanol–water partition coefficient (Wildman–Crippen LogP) is 3.94. The molecule has 186 valence electrons. The van der Waals surface area contributed by atoms with E-state index in [-0.39, 0.29) is 23.7 Å². The third-order valence-electron chi connectivity index (χ3n) is 5.73. The van der Waals surface area contributed by atoms with E-state index in [9.17, 15) is 19.7 Å². The van der Waals surface area contributed by atoms with Gasteiger partial charge in [0.15, 0.2) is 0 Å². The molecule has 0 bridgehead atoms.